The van der Waals surface area contributed by atoms with Gasteiger partial charge in [0.2, 0.25) is 0 Å². The van der Waals surface area contributed by atoms with Crippen molar-refractivity contribution in [1.82, 2.24) is 4.90 Å². The van der Waals surface area contributed by atoms with Crippen LogP contribution in [-0.2, 0) is 6.42 Å². The van der Waals surface area contributed by atoms with Crippen molar-refractivity contribution in [3.63, 3.8) is 0 Å². The van der Waals surface area contributed by atoms with Crippen molar-refractivity contribution in [2.45, 2.75) is 12.5 Å². The molecule has 0 saturated carbocycles. The molecular weight excluding hydrogens is 451 g/mol. The summed E-state index contributed by atoms with van der Waals surface area (Å²) in [6, 6.07) is 13.9. The van der Waals surface area contributed by atoms with Crippen molar-refractivity contribution in [2.75, 3.05) is 58.5 Å². The molecule has 1 atom stereocenters. The van der Waals surface area contributed by atoms with Crippen LogP contribution in [0.2, 0.25) is 0 Å². The van der Waals surface area contributed by atoms with Gasteiger partial charge < -0.3 is 24.2 Å². The number of methoxy groups -OCH3 is 2. The number of aliphatic hydroxyl groups excluding tert-OH is 1. The van der Waals surface area contributed by atoms with Crippen LogP contribution in [0.5, 0.6) is 17.2 Å². The zero-order valence-corrected chi connectivity index (χ0v) is 20.4. The number of hydrogen-bond donors (Lipinski definition) is 1. The Morgan fingerprint density at radius 1 is 0.969 bits per heavy atom. The summed E-state index contributed by atoms with van der Waals surface area (Å²) in [4.78, 5) is 4.64. The first-order chi connectivity index (χ1) is 14.6. The lowest BCUT2D eigenvalue weighted by Crippen LogP contribution is -2.49. The molecule has 3 rings (SSSR count). The molecule has 2 aromatic rings. The Balaban J connectivity index is 0.00000256. The van der Waals surface area contributed by atoms with Gasteiger partial charge in [0.05, 0.1) is 14.2 Å². The van der Waals surface area contributed by atoms with E-state index in [1.165, 1.54) is 5.69 Å². The second-order valence-corrected chi connectivity index (χ2v) is 7.42. The first-order valence-electron chi connectivity index (χ1n) is 10.3. The normalized spacial score (nSPS) is 14.5. The molecule has 1 saturated heterocycles. The number of anilines is 1. The highest BCUT2D eigenvalue weighted by Crippen LogP contribution is 2.25. The number of piperazine rings is 1. The maximum Gasteiger partial charge on any atom is 0.123 e. The number of benzene rings is 2. The number of allylic oxidation sites excluding steroid dienone is 1. The minimum absolute atomic E-state index is 0. The van der Waals surface area contributed by atoms with Gasteiger partial charge in [0.1, 0.15) is 30.0 Å². The predicted molar refractivity (Wildman–Crippen MR) is 135 cm³/mol. The minimum Gasteiger partial charge on any atom is -0.497 e. The lowest BCUT2D eigenvalue weighted by molar-refractivity contribution is 0.0660. The number of nitrogens with zero attached hydrogens (tertiary/aromatic N) is 2. The van der Waals surface area contributed by atoms with Crippen LogP contribution in [-0.4, -0.2) is 69.7 Å². The number of hydrogen-bond acceptors (Lipinski definition) is 6. The van der Waals surface area contributed by atoms with Gasteiger partial charge in [-0.2, -0.15) is 0 Å². The Labute approximate surface area is 203 Å². The molecular formula is C24H34Cl2N2O4. The first-order valence-corrected chi connectivity index (χ1v) is 10.3. The molecule has 178 valence electrons. The summed E-state index contributed by atoms with van der Waals surface area (Å²) in [5.41, 5.74) is 2.21. The molecule has 2 aromatic carbocycles. The van der Waals surface area contributed by atoms with Crippen LogP contribution in [0.15, 0.2) is 55.1 Å². The van der Waals surface area contributed by atoms with Crippen LogP contribution < -0.4 is 19.1 Å². The Bertz CT molecular complexity index is 812. The SMILES string of the molecule is C=CCc1cc(OC)ccc1OCC(O)CN1CCN(c2ccc(OC)cc2)CC1.Cl.Cl. The molecule has 0 spiro atoms. The molecule has 0 aliphatic carbocycles. The van der Waals surface area contributed by atoms with Crippen LogP contribution in [0.25, 0.3) is 0 Å². The van der Waals surface area contributed by atoms with Crippen molar-refractivity contribution < 1.29 is 19.3 Å². The zero-order valence-electron chi connectivity index (χ0n) is 18.7. The third-order valence-corrected chi connectivity index (χ3v) is 5.34. The van der Waals surface area contributed by atoms with E-state index in [1.54, 1.807) is 14.2 Å². The molecule has 1 aliphatic rings. The number of rotatable bonds is 10. The highest BCUT2D eigenvalue weighted by Gasteiger charge is 2.20. The van der Waals surface area contributed by atoms with Crippen molar-refractivity contribution in [1.29, 1.82) is 0 Å². The summed E-state index contributed by atoms with van der Waals surface area (Å²) < 4.78 is 16.4. The van der Waals surface area contributed by atoms with E-state index >= 15 is 0 Å². The highest BCUT2D eigenvalue weighted by molar-refractivity contribution is 5.85. The second kappa shape index (κ2) is 14.1. The number of ether oxygens (including phenoxy) is 3. The smallest absolute Gasteiger partial charge is 0.123 e. The third-order valence-electron chi connectivity index (χ3n) is 5.34. The number of β-amino-alcohol motifs (C(OH)–C–C–N with tert-alkyl or cyclic N) is 1. The van der Waals surface area contributed by atoms with E-state index in [-0.39, 0.29) is 31.4 Å². The quantitative estimate of drug-likeness (QED) is 0.517. The van der Waals surface area contributed by atoms with Crippen molar-refractivity contribution in [3.8, 4) is 17.2 Å². The summed E-state index contributed by atoms with van der Waals surface area (Å²) in [6.07, 6.45) is 1.98. The van der Waals surface area contributed by atoms with E-state index in [0.29, 0.717) is 13.0 Å². The van der Waals surface area contributed by atoms with Crippen molar-refractivity contribution in [2.24, 2.45) is 0 Å². The average molecular weight is 485 g/mol. The van der Waals surface area contributed by atoms with Gasteiger partial charge in [0.25, 0.3) is 0 Å². The summed E-state index contributed by atoms with van der Waals surface area (Å²) in [6.45, 7) is 8.34. The summed E-state index contributed by atoms with van der Waals surface area (Å²) >= 11 is 0. The molecule has 6 nitrogen and oxygen atoms in total. The first kappa shape index (κ1) is 27.9. The number of halogens is 2. The minimum atomic E-state index is -0.545. The lowest BCUT2D eigenvalue weighted by Gasteiger charge is -2.36. The van der Waals surface area contributed by atoms with Gasteiger partial charge in [-0.3, -0.25) is 4.90 Å². The summed E-state index contributed by atoms with van der Waals surface area (Å²) in [5, 5.41) is 10.5. The Hall–Kier alpha value is -2.12. The topological polar surface area (TPSA) is 54.4 Å². The second-order valence-electron chi connectivity index (χ2n) is 7.42. The molecule has 1 unspecified atom stereocenters. The van der Waals surface area contributed by atoms with Crippen molar-refractivity contribution >= 4 is 30.5 Å². The highest BCUT2D eigenvalue weighted by atomic mass is 35.5. The van der Waals surface area contributed by atoms with Gasteiger partial charge in [-0.25, -0.2) is 0 Å². The van der Waals surface area contributed by atoms with E-state index in [9.17, 15) is 5.11 Å². The Morgan fingerprint density at radius 3 is 2.19 bits per heavy atom. The standard InChI is InChI=1S/C24H32N2O4.2ClH/c1-4-5-19-16-23(29-3)10-11-24(19)30-18-21(27)17-25-12-14-26(15-13-25)20-6-8-22(28-2)9-7-20;;/h4,6-11,16,21,27H,1,5,12-15,17-18H2,2-3H3;2*1H. The van der Waals surface area contributed by atoms with Gasteiger partial charge in [0, 0.05) is 44.0 Å². The largest absolute Gasteiger partial charge is 0.497 e. The van der Waals surface area contributed by atoms with E-state index in [4.69, 9.17) is 14.2 Å². The molecule has 1 N–H and O–H groups in total. The van der Waals surface area contributed by atoms with Gasteiger partial charge in [-0.05, 0) is 48.9 Å². The Kier molecular flexibility index (Phi) is 12.3. The summed E-state index contributed by atoms with van der Waals surface area (Å²) in [5.74, 6) is 2.42. The van der Waals surface area contributed by atoms with Crippen LogP contribution in [0.4, 0.5) is 5.69 Å². The van der Waals surface area contributed by atoms with E-state index in [0.717, 1.165) is 49.0 Å². The fourth-order valence-corrected chi connectivity index (χ4v) is 3.66. The van der Waals surface area contributed by atoms with Crippen molar-refractivity contribution in [3.05, 3.63) is 60.7 Å². The molecule has 0 bridgehead atoms. The maximum atomic E-state index is 10.5. The maximum absolute atomic E-state index is 10.5. The van der Waals surface area contributed by atoms with E-state index in [2.05, 4.69) is 28.5 Å². The fourth-order valence-electron chi connectivity index (χ4n) is 3.66. The fraction of sp³-hybridized carbons (Fsp3) is 0.417. The van der Waals surface area contributed by atoms with Gasteiger partial charge in [0.15, 0.2) is 0 Å². The zero-order chi connectivity index (χ0) is 21.3. The van der Waals surface area contributed by atoms with Gasteiger partial charge >= 0.3 is 0 Å². The van der Waals surface area contributed by atoms with E-state index in [1.807, 2.05) is 36.4 Å². The molecule has 1 aliphatic heterocycles. The predicted octanol–water partition coefficient (Wildman–Crippen LogP) is 3.84. The number of aliphatic hydroxyl groups is 1. The van der Waals surface area contributed by atoms with Crippen LogP contribution in [0, 0.1) is 0 Å². The molecule has 1 heterocycles. The van der Waals surface area contributed by atoms with Crippen LogP contribution in [0.3, 0.4) is 0 Å². The molecule has 0 amide bonds. The molecule has 32 heavy (non-hydrogen) atoms. The summed E-state index contributed by atoms with van der Waals surface area (Å²) in [7, 11) is 3.32. The third kappa shape index (κ3) is 7.78. The van der Waals surface area contributed by atoms with E-state index < -0.39 is 6.10 Å². The lowest BCUT2D eigenvalue weighted by atomic mass is 10.1. The molecule has 8 heteroatoms. The molecule has 0 aromatic heterocycles. The van der Waals surface area contributed by atoms with Gasteiger partial charge in [-0.15, -0.1) is 31.4 Å². The Morgan fingerprint density at radius 2 is 1.59 bits per heavy atom. The van der Waals surface area contributed by atoms with Crippen LogP contribution in [0.1, 0.15) is 5.56 Å². The molecule has 0 radical (unpaired) electrons. The van der Waals surface area contributed by atoms with Crippen LogP contribution >= 0.6 is 24.8 Å². The average Bonchev–Trinajstić information content (AvgIpc) is 2.79. The molecule has 1 fully saturated rings. The monoisotopic (exact) mass is 484 g/mol. The van der Waals surface area contributed by atoms with Gasteiger partial charge in [-0.1, -0.05) is 6.08 Å².